The van der Waals surface area contributed by atoms with Gasteiger partial charge in [0.2, 0.25) is 0 Å². The molecule has 0 bridgehead atoms. The van der Waals surface area contributed by atoms with Gasteiger partial charge in [-0.2, -0.15) is 0 Å². The molecule has 1 amide bonds. The highest BCUT2D eigenvalue weighted by Crippen LogP contribution is 2.26. The molecule has 1 N–H and O–H groups in total. The van der Waals surface area contributed by atoms with Gasteiger partial charge < -0.3 is 10.1 Å². The molecule has 0 radical (unpaired) electrons. The summed E-state index contributed by atoms with van der Waals surface area (Å²) in [5.74, 6) is 0.405. The lowest BCUT2D eigenvalue weighted by molar-refractivity contribution is 0.101. The van der Waals surface area contributed by atoms with E-state index in [1.807, 2.05) is 6.92 Å². The van der Waals surface area contributed by atoms with Crippen LogP contribution >= 0.6 is 15.9 Å². The van der Waals surface area contributed by atoms with Crippen molar-refractivity contribution in [3.05, 3.63) is 58.1 Å². The van der Waals surface area contributed by atoms with E-state index in [4.69, 9.17) is 4.74 Å². The zero-order valence-electron chi connectivity index (χ0n) is 12.4. The summed E-state index contributed by atoms with van der Waals surface area (Å²) in [7, 11) is 0. The zero-order valence-corrected chi connectivity index (χ0v) is 13.9. The van der Waals surface area contributed by atoms with E-state index in [1.165, 1.54) is 6.92 Å². The molecule has 0 fully saturated rings. The topological polar surface area (TPSA) is 55.4 Å². The lowest BCUT2D eigenvalue weighted by Crippen LogP contribution is -2.12. The summed E-state index contributed by atoms with van der Waals surface area (Å²) in [6.07, 6.45) is 0. The third-order valence-corrected chi connectivity index (χ3v) is 3.64. The molecule has 0 aliphatic heterocycles. The van der Waals surface area contributed by atoms with E-state index >= 15 is 0 Å². The van der Waals surface area contributed by atoms with E-state index in [0.717, 1.165) is 4.47 Å². The highest BCUT2D eigenvalue weighted by Gasteiger charge is 2.10. The largest absolute Gasteiger partial charge is 0.493 e. The predicted molar refractivity (Wildman–Crippen MR) is 89.7 cm³/mol. The molecular formula is C17H16BrNO3. The van der Waals surface area contributed by atoms with Crippen molar-refractivity contribution in [2.45, 2.75) is 13.8 Å². The van der Waals surface area contributed by atoms with Gasteiger partial charge in [-0.05, 0) is 60.1 Å². The third-order valence-electron chi connectivity index (χ3n) is 3.02. The summed E-state index contributed by atoms with van der Waals surface area (Å²) < 4.78 is 6.14. The van der Waals surface area contributed by atoms with Crippen molar-refractivity contribution in [1.82, 2.24) is 0 Å². The molecule has 0 aliphatic rings. The molecule has 5 heteroatoms. The molecule has 0 aromatic heterocycles. The molecule has 22 heavy (non-hydrogen) atoms. The summed E-state index contributed by atoms with van der Waals surface area (Å²) in [6, 6.07) is 12.0. The monoisotopic (exact) mass is 361 g/mol. The molecule has 114 valence electrons. The maximum atomic E-state index is 12.3. The van der Waals surface area contributed by atoms with Crippen LogP contribution in [0.25, 0.3) is 0 Å². The number of anilines is 1. The first kappa shape index (κ1) is 16.2. The van der Waals surface area contributed by atoms with Gasteiger partial charge in [0, 0.05) is 16.8 Å². The first-order valence-corrected chi connectivity index (χ1v) is 7.65. The molecule has 0 spiro atoms. The van der Waals surface area contributed by atoms with Gasteiger partial charge >= 0.3 is 0 Å². The van der Waals surface area contributed by atoms with Crippen LogP contribution < -0.4 is 10.1 Å². The summed E-state index contributed by atoms with van der Waals surface area (Å²) in [5.41, 5.74) is 1.65. The van der Waals surface area contributed by atoms with Crippen molar-refractivity contribution in [2.24, 2.45) is 0 Å². The molecular weight excluding hydrogens is 346 g/mol. The van der Waals surface area contributed by atoms with Crippen molar-refractivity contribution in [3.8, 4) is 5.75 Å². The lowest BCUT2D eigenvalue weighted by atomic mass is 10.1. The number of nitrogens with one attached hydrogen (secondary N) is 1. The second-order valence-electron chi connectivity index (χ2n) is 4.67. The quantitative estimate of drug-likeness (QED) is 0.807. The van der Waals surface area contributed by atoms with Crippen molar-refractivity contribution in [2.75, 3.05) is 11.9 Å². The van der Waals surface area contributed by atoms with E-state index in [0.29, 0.717) is 29.2 Å². The van der Waals surface area contributed by atoms with Crippen molar-refractivity contribution < 1.29 is 14.3 Å². The van der Waals surface area contributed by atoms with Crippen molar-refractivity contribution in [3.63, 3.8) is 0 Å². The number of hydrogen-bond acceptors (Lipinski definition) is 3. The number of ether oxygens (including phenoxy) is 1. The number of hydrogen-bond donors (Lipinski definition) is 1. The molecule has 0 atom stereocenters. The smallest absolute Gasteiger partial charge is 0.255 e. The van der Waals surface area contributed by atoms with Crippen LogP contribution in [0.15, 0.2) is 46.9 Å². The number of ketones is 1. The molecule has 0 saturated carbocycles. The Morgan fingerprint density at radius 2 is 1.91 bits per heavy atom. The number of carbonyl (C=O) groups is 2. The van der Waals surface area contributed by atoms with Crippen molar-refractivity contribution in [1.29, 1.82) is 0 Å². The summed E-state index contributed by atoms with van der Waals surface area (Å²) in [5, 5.41) is 2.78. The van der Waals surface area contributed by atoms with Gasteiger partial charge in [0.1, 0.15) is 5.75 Å². The fourth-order valence-corrected chi connectivity index (χ4v) is 2.43. The average molecular weight is 362 g/mol. The Balaban J connectivity index is 2.17. The fourth-order valence-electron chi connectivity index (χ4n) is 1.93. The van der Waals surface area contributed by atoms with Gasteiger partial charge in [0.15, 0.2) is 5.78 Å². The predicted octanol–water partition coefficient (Wildman–Crippen LogP) is 4.30. The molecule has 2 aromatic carbocycles. The normalized spacial score (nSPS) is 10.1. The fraction of sp³-hybridized carbons (Fsp3) is 0.176. The minimum absolute atomic E-state index is 0.0417. The van der Waals surface area contributed by atoms with Crippen LogP contribution in [0, 0.1) is 0 Å². The molecule has 0 heterocycles. The van der Waals surface area contributed by atoms with E-state index in [-0.39, 0.29) is 11.7 Å². The maximum Gasteiger partial charge on any atom is 0.255 e. The standard InChI is InChI=1S/C17H16BrNO3/c1-3-22-16-8-7-13(10-15(16)18)17(21)19-14-6-4-5-12(9-14)11(2)20/h4-10H,3H2,1-2H3,(H,19,21). The number of carbonyl (C=O) groups excluding carboxylic acids is 2. The minimum atomic E-state index is -0.246. The van der Waals surface area contributed by atoms with Gasteiger partial charge in [0.25, 0.3) is 5.91 Å². The Labute approximate surface area is 137 Å². The molecule has 0 saturated heterocycles. The van der Waals surface area contributed by atoms with Crippen LogP contribution in [-0.2, 0) is 0 Å². The van der Waals surface area contributed by atoms with Crippen LogP contribution in [0.2, 0.25) is 0 Å². The summed E-state index contributed by atoms with van der Waals surface area (Å²) in [4.78, 5) is 23.6. The zero-order chi connectivity index (χ0) is 16.1. The Morgan fingerprint density at radius 3 is 2.55 bits per heavy atom. The molecule has 4 nitrogen and oxygen atoms in total. The van der Waals surface area contributed by atoms with Crippen molar-refractivity contribution >= 4 is 33.3 Å². The van der Waals surface area contributed by atoms with Gasteiger partial charge in [-0.25, -0.2) is 0 Å². The van der Waals surface area contributed by atoms with E-state index in [1.54, 1.807) is 42.5 Å². The van der Waals surface area contributed by atoms with Crippen LogP contribution in [-0.4, -0.2) is 18.3 Å². The Kier molecular flexibility index (Phi) is 5.33. The van der Waals surface area contributed by atoms with E-state index < -0.39 is 0 Å². The summed E-state index contributed by atoms with van der Waals surface area (Å²) in [6.45, 7) is 3.95. The molecule has 2 aromatic rings. The number of amides is 1. The first-order chi connectivity index (χ1) is 10.5. The number of Topliss-reactive ketones (excluding diaryl/α,β-unsaturated/α-hetero) is 1. The second kappa shape index (κ2) is 7.22. The SMILES string of the molecule is CCOc1ccc(C(=O)Nc2cccc(C(C)=O)c2)cc1Br. The van der Waals surface area contributed by atoms with E-state index in [9.17, 15) is 9.59 Å². The van der Waals surface area contributed by atoms with E-state index in [2.05, 4.69) is 21.2 Å². The highest BCUT2D eigenvalue weighted by molar-refractivity contribution is 9.10. The van der Waals surface area contributed by atoms with Crippen LogP contribution in [0.5, 0.6) is 5.75 Å². The molecule has 2 rings (SSSR count). The van der Waals surface area contributed by atoms with Gasteiger partial charge in [-0.1, -0.05) is 12.1 Å². The van der Waals surface area contributed by atoms with Crippen LogP contribution in [0.3, 0.4) is 0 Å². The number of rotatable bonds is 5. The van der Waals surface area contributed by atoms with Gasteiger partial charge in [0.05, 0.1) is 11.1 Å². The van der Waals surface area contributed by atoms with Crippen LogP contribution in [0.4, 0.5) is 5.69 Å². The second-order valence-corrected chi connectivity index (χ2v) is 5.52. The van der Waals surface area contributed by atoms with Crippen LogP contribution in [0.1, 0.15) is 34.6 Å². The third kappa shape index (κ3) is 3.95. The van der Waals surface area contributed by atoms with Gasteiger partial charge in [-0.3, -0.25) is 9.59 Å². The first-order valence-electron chi connectivity index (χ1n) is 6.86. The highest BCUT2D eigenvalue weighted by atomic mass is 79.9. The average Bonchev–Trinajstić information content (AvgIpc) is 2.49. The molecule has 0 unspecified atom stereocenters. The number of halogens is 1. The maximum absolute atomic E-state index is 12.3. The van der Waals surface area contributed by atoms with Gasteiger partial charge in [-0.15, -0.1) is 0 Å². The Morgan fingerprint density at radius 1 is 1.14 bits per heavy atom. The lowest BCUT2D eigenvalue weighted by Gasteiger charge is -2.09. The number of benzene rings is 2. The Bertz CT molecular complexity index is 713. The Hall–Kier alpha value is -2.14. The molecule has 0 aliphatic carbocycles. The summed E-state index contributed by atoms with van der Waals surface area (Å²) >= 11 is 3.38. The minimum Gasteiger partial charge on any atom is -0.493 e.